The van der Waals surface area contributed by atoms with Crippen LogP contribution in [-0.4, -0.2) is 65.7 Å². The molecular formula is C24H23N5O6. The monoisotopic (exact) mass is 477 g/mol. The average molecular weight is 477 g/mol. The van der Waals surface area contributed by atoms with E-state index in [2.05, 4.69) is 20.3 Å². The summed E-state index contributed by atoms with van der Waals surface area (Å²) in [5.74, 6) is 0.213. The van der Waals surface area contributed by atoms with Crippen molar-refractivity contribution < 1.29 is 29.6 Å². The molecule has 0 saturated carbocycles. The quantitative estimate of drug-likeness (QED) is 0.326. The summed E-state index contributed by atoms with van der Waals surface area (Å²) in [6, 6.07) is 15.1. The molecule has 0 radical (unpaired) electrons. The van der Waals surface area contributed by atoms with Gasteiger partial charge in [0, 0.05) is 6.92 Å². The maximum absolute atomic E-state index is 11.8. The number of ether oxygens (including phenoxy) is 2. The Labute approximate surface area is 199 Å². The van der Waals surface area contributed by atoms with Crippen molar-refractivity contribution in [3.05, 3.63) is 61.2 Å². The minimum atomic E-state index is -1.29. The summed E-state index contributed by atoms with van der Waals surface area (Å²) < 4.78 is 13.2. The Hall–Kier alpha value is -3.90. The summed E-state index contributed by atoms with van der Waals surface area (Å²) in [7, 11) is 0. The number of nitrogens with one attached hydrogen (secondary N) is 1. The number of aliphatic hydroxyl groups excluding tert-OH is 3. The maximum atomic E-state index is 11.8. The summed E-state index contributed by atoms with van der Waals surface area (Å²) >= 11 is 0. The maximum Gasteiger partial charge on any atom is 0.251 e. The first-order valence-electron chi connectivity index (χ1n) is 10.9. The Morgan fingerprint density at radius 1 is 1.09 bits per heavy atom. The second-order valence-corrected chi connectivity index (χ2v) is 8.09. The van der Waals surface area contributed by atoms with Crippen LogP contribution in [0.1, 0.15) is 13.2 Å². The predicted octanol–water partition coefficient (Wildman–Crippen LogP) is 1.86. The van der Waals surface area contributed by atoms with Crippen LogP contribution in [0.15, 0.2) is 61.2 Å². The number of aromatic nitrogens is 4. The van der Waals surface area contributed by atoms with Crippen LogP contribution >= 0.6 is 0 Å². The number of nitrogens with zero attached hydrogens (tertiary/aromatic N) is 4. The molecule has 1 fully saturated rings. The number of anilines is 1. The standard InChI is InChI=1S/C24H23N5O6/c1-13(31)28-16-8-7-15(14-5-3-2-4-6-14)9-17(16)34-23-19-22(25-11-26-23)29(12-27-19)24-21(33)20(32)18(10-30)35-24/h2-9,11-12,18,20-21,24,30,32-33H,10H2,1H3,(H,28,31)/t18-,20-,21-,24-/m1/s1. The van der Waals surface area contributed by atoms with Crippen molar-refractivity contribution >= 4 is 22.8 Å². The molecule has 0 spiro atoms. The van der Waals surface area contributed by atoms with Gasteiger partial charge < -0.3 is 30.1 Å². The Kier molecular flexibility index (Phi) is 6.14. The van der Waals surface area contributed by atoms with Crippen LogP contribution in [0.25, 0.3) is 22.3 Å². The van der Waals surface area contributed by atoms with Crippen LogP contribution in [0.3, 0.4) is 0 Å². The van der Waals surface area contributed by atoms with E-state index in [1.807, 2.05) is 36.4 Å². The highest BCUT2D eigenvalue weighted by molar-refractivity contribution is 5.91. The second kappa shape index (κ2) is 9.39. The number of fused-ring (bicyclic) bond motifs is 1. The molecule has 1 aliphatic heterocycles. The molecule has 35 heavy (non-hydrogen) atoms. The summed E-state index contributed by atoms with van der Waals surface area (Å²) in [5.41, 5.74) is 2.87. The number of rotatable bonds is 6. The summed E-state index contributed by atoms with van der Waals surface area (Å²) in [4.78, 5) is 24.5. The van der Waals surface area contributed by atoms with Crippen molar-refractivity contribution in [1.82, 2.24) is 19.5 Å². The third kappa shape index (κ3) is 4.33. The Balaban J connectivity index is 1.53. The zero-order valence-electron chi connectivity index (χ0n) is 18.6. The Morgan fingerprint density at radius 2 is 1.89 bits per heavy atom. The van der Waals surface area contributed by atoms with E-state index >= 15 is 0 Å². The fraction of sp³-hybridized carbons (Fsp3) is 0.250. The van der Waals surface area contributed by atoms with Crippen molar-refractivity contribution in [2.45, 2.75) is 31.5 Å². The fourth-order valence-corrected chi connectivity index (χ4v) is 4.02. The highest BCUT2D eigenvalue weighted by Crippen LogP contribution is 2.37. The van der Waals surface area contributed by atoms with Crippen molar-refractivity contribution in [3.63, 3.8) is 0 Å². The van der Waals surface area contributed by atoms with E-state index in [1.165, 1.54) is 24.1 Å². The lowest BCUT2D eigenvalue weighted by Gasteiger charge is -2.16. The van der Waals surface area contributed by atoms with Crippen LogP contribution < -0.4 is 10.1 Å². The van der Waals surface area contributed by atoms with Gasteiger partial charge in [-0.1, -0.05) is 36.4 Å². The van der Waals surface area contributed by atoms with Gasteiger partial charge in [0.15, 0.2) is 23.1 Å². The molecule has 1 aliphatic rings. The smallest absolute Gasteiger partial charge is 0.251 e. The van der Waals surface area contributed by atoms with Gasteiger partial charge in [-0.3, -0.25) is 9.36 Å². The molecule has 4 N–H and O–H groups in total. The molecule has 180 valence electrons. The van der Waals surface area contributed by atoms with E-state index < -0.39 is 31.1 Å². The predicted molar refractivity (Wildman–Crippen MR) is 125 cm³/mol. The van der Waals surface area contributed by atoms with Crippen molar-refractivity contribution in [2.75, 3.05) is 11.9 Å². The molecule has 0 aliphatic carbocycles. The zero-order chi connectivity index (χ0) is 24.5. The first-order valence-corrected chi connectivity index (χ1v) is 10.9. The van der Waals surface area contributed by atoms with Crippen LogP contribution in [0.2, 0.25) is 0 Å². The van der Waals surface area contributed by atoms with E-state index in [9.17, 15) is 20.1 Å². The molecule has 5 rings (SSSR count). The average Bonchev–Trinajstić information content (AvgIpc) is 3.42. The lowest BCUT2D eigenvalue weighted by Crippen LogP contribution is -2.33. The van der Waals surface area contributed by atoms with Gasteiger partial charge in [0.2, 0.25) is 5.91 Å². The molecule has 1 saturated heterocycles. The van der Waals surface area contributed by atoms with Crippen LogP contribution in [0.4, 0.5) is 5.69 Å². The van der Waals surface area contributed by atoms with Crippen molar-refractivity contribution in [1.29, 1.82) is 0 Å². The zero-order valence-corrected chi connectivity index (χ0v) is 18.6. The highest BCUT2D eigenvalue weighted by Gasteiger charge is 2.44. The number of carbonyl (C=O) groups is 1. The van der Waals surface area contributed by atoms with Gasteiger partial charge in [0.25, 0.3) is 5.88 Å². The summed E-state index contributed by atoms with van der Waals surface area (Å²) in [5, 5.41) is 32.7. The molecular weight excluding hydrogens is 454 g/mol. The van der Waals surface area contributed by atoms with Crippen LogP contribution in [-0.2, 0) is 9.53 Å². The van der Waals surface area contributed by atoms with E-state index in [1.54, 1.807) is 12.1 Å². The first kappa shape index (κ1) is 22.9. The molecule has 2 aromatic heterocycles. The summed E-state index contributed by atoms with van der Waals surface area (Å²) in [6.07, 6.45) is -1.84. The van der Waals surface area contributed by atoms with E-state index in [0.717, 1.165) is 11.1 Å². The Morgan fingerprint density at radius 3 is 2.60 bits per heavy atom. The second-order valence-electron chi connectivity index (χ2n) is 8.09. The normalized spacial score (nSPS) is 21.8. The van der Waals surface area contributed by atoms with Gasteiger partial charge >= 0.3 is 0 Å². The summed E-state index contributed by atoms with van der Waals surface area (Å²) in [6.45, 7) is 0.953. The van der Waals surface area contributed by atoms with Gasteiger partial charge in [-0.2, -0.15) is 4.98 Å². The third-order valence-electron chi connectivity index (χ3n) is 5.72. The van der Waals surface area contributed by atoms with Crippen LogP contribution in [0.5, 0.6) is 11.6 Å². The fourth-order valence-electron chi connectivity index (χ4n) is 4.02. The van der Waals surface area contributed by atoms with E-state index in [-0.39, 0.29) is 17.3 Å². The number of carbonyl (C=O) groups excluding carboxylic acids is 1. The lowest BCUT2D eigenvalue weighted by atomic mass is 10.0. The number of hydrogen-bond donors (Lipinski definition) is 4. The minimum absolute atomic E-state index is 0.123. The van der Waals surface area contributed by atoms with Crippen LogP contribution in [0, 0.1) is 0 Å². The minimum Gasteiger partial charge on any atom is -0.435 e. The Bertz CT molecular complexity index is 1360. The number of benzene rings is 2. The molecule has 11 heteroatoms. The molecule has 4 aromatic rings. The van der Waals surface area contributed by atoms with Gasteiger partial charge in [-0.25, -0.2) is 9.97 Å². The molecule has 1 amide bonds. The van der Waals surface area contributed by atoms with Gasteiger partial charge in [-0.05, 0) is 23.3 Å². The van der Waals surface area contributed by atoms with E-state index in [4.69, 9.17) is 9.47 Å². The largest absolute Gasteiger partial charge is 0.435 e. The molecule has 3 heterocycles. The third-order valence-corrected chi connectivity index (χ3v) is 5.72. The number of amides is 1. The van der Waals surface area contributed by atoms with Gasteiger partial charge in [-0.15, -0.1) is 0 Å². The topological polar surface area (TPSA) is 152 Å². The highest BCUT2D eigenvalue weighted by atomic mass is 16.6. The molecule has 2 aromatic carbocycles. The number of hydrogen-bond acceptors (Lipinski definition) is 9. The number of imidazole rings is 1. The van der Waals surface area contributed by atoms with Crippen molar-refractivity contribution in [3.8, 4) is 22.8 Å². The van der Waals surface area contributed by atoms with Gasteiger partial charge in [0.1, 0.15) is 24.6 Å². The van der Waals surface area contributed by atoms with Gasteiger partial charge in [0.05, 0.1) is 18.6 Å². The molecule has 4 atom stereocenters. The van der Waals surface area contributed by atoms with E-state index in [0.29, 0.717) is 17.1 Å². The lowest BCUT2D eigenvalue weighted by molar-refractivity contribution is -0.114. The number of aliphatic hydroxyl groups is 3. The molecule has 0 unspecified atom stereocenters. The molecule has 11 nitrogen and oxygen atoms in total. The van der Waals surface area contributed by atoms with Crippen molar-refractivity contribution in [2.24, 2.45) is 0 Å². The SMILES string of the molecule is CC(=O)Nc1ccc(-c2ccccc2)cc1Oc1ncnc2c1ncn2[C@@H]1O[C@H](CO)[C@@H](O)[C@H]1O. The first-order chi connectivity index (χ1) is 17.0. The molecule has 0 bridgehead atoms.